The smallest absolute Gasteiger partial charge is 0.286 e. The Balaban J connectivity index is 2.17. The second-order valence-corrected chi connectivity index (χ2v) is 5.57. The number of Topliss-reactive ketones (excluding diaryl/α,β-unsaturated/α-hetero) is 1. The Morgan fingerprint density at radius 3 is 2.89 bits per heavy atom. The maximum absolute atomic E-state index is 12.1. The molecule has 1 aliphatic rings. The van der Waals surface area contributed by atoms with Gasteiger partial charge in [0.15, 0.2) is 0 Å². The Morgan fingerprint density at radius 2 is 2.17 bits per heavy atom. The highest BCUT2D eigenvalue weighted by Crippen LogP contribution is 2.30. The molecule has 0 bridgehead atoms. The molecule has 1 amide bonds. The van der Waals surface area contributed by atoms with Gasteiger partial charge >= 0.3 is 0 Å². The van der Waals surface area contributed by atoms with Crippen LogP contribution in [-0.4, -0.2) is 23.3 Å². The zero-order valence-corrected chi connectivity index (χ0v) is 11.5. The first-order chi connectivity index (χ1) is 8.58. The van der Waals surface area contributed by atoms with E-state index in [1.54, 1.807) is 4.90 Å². The van der Waals surface area contributed by atoms with E-state index in [0.717, 1.165) is 36.8 Å². The number of amides is 1. The molecule has 4 heteroatoms. The van der Waals surface area contributed by atoms with Crippen LogP contribution in [0.3, 0.4) is 0 Å². The van der Waals surface area contributed by atoms with E-state index in [1.807, 2.05) is 12.1 Å². The van der Waals surface area contributed by atoms with E-state index in [2.05, 4.69) is 13.0 Å². The number of benzene rings is 1. The molecule has 0 aliphatic carbocycles. The SMILES string of the molecule is CC(=O)CSC(=O)N1CCCc2cc(C)ccc21. The van der Waals surface area contributed by atoms with E-state index in [1.165, 1.54) is 18.1 Å². The Kier molecular flexibility index (Phi) is 4.07. The number of nitrogens with zero attached hydrogens (tertiary/aromatic N) is 1. The van der Waals surface area contributed by atoms with Crippen LogP contribution >= 0.6 is 11.8 Å². The molecule has 0 saturated carbocycles. The molecule has 0 spiro atoms. The fourth-order valence-corrected chi connectivity index (χ4v) is 2.83. The molecule has 0 N–H and O–H groups in total. The van der Waals surface area contributed by atoms with Crippen LogP contribution in [0.15, 0.2) is 18.2 Å². The van der Waals surface area contributed by atoms with Crippen molar-refractivity contribution < 1.29 is 9.59 Å². The molecule has 0 atom stereocenters. The summed E-state index contributed by atoms with van der Waals surface area (Å²) < 4.78 is 0. The van der Waals surface area contributed by atoms with Crippen LogP contribution in [0.5, 0.6) is 0 Å². The molecule has 2 rings (SSSR count). The number of hydrogen-bond acceptors (Lipinski definition) is 3. The standard InChI is InChI=1S/C14H17NO2S/c1-10-5-6-13-12(8-10)4-3-7-15(13)14(17)18-9-11(2)16/h5-6,8H,3-4,7,9H2,1-2H3. The molecule has 1 aromatic rings. The Morgan fingerprint density at radius 1 is 1.39 bits per heavy atom. The molecule has 18 heavy (non-hydrogen) atoms. The fraction of sp³-hybridized carbons (Fsp3) is 0.429. The van der Waals surface area contributed by atoms with Crippen molar-refractivity contribution in [3.05, 3.63) is 29.3 Å². The third-order valence-electron chi connectivity index (χ3n) is 2.97. The second kappa shape index (κ2) is 5.57. The molecule has 1 aromatic carbocycles. The largest absolute Gasteiger partial charge is 0.303 e. The molecule has 3 nitrogen and oxygen atoms in total. The average molecular weight is 263 g/mol. The van der Waals surface area contributed by atoms with Crippen molar-refractivity contribution in [2.45, 2.75) is 26.7 Å². The van der Waals surface area contributed by atoms with Gasteiger partial charge in [0.1, 0.15) is 5.78 Å². The molecule has 0 fully saturated rings. The summed E-state index contributed by atoms with van der Waals surface area (Å²) in [5.74, 6) is 0.297. The maximum Gasteiger partial charge on any atom is 0.286 e. The predicted molar refractivity (Wildman–Crippen MR) is 75.4 cm³/mol. The highest BCUT2D eigenvalue weighted by Gasteiger charge is 2.22. The minimum Gasteiger partial charge on any atom is -0.303 e. The number of thioether (sulfide) groups is 1. The van der Waals surface area contributed by atoms with Crippen molar-refractivity contribution in [2.75, 3.05) is 17.2 Å². The first kappa shape index (κ1) is 13.1. The number of ketones is 1. The first-order valence-electron chi connectivity index (χ1n) is 6.11. The summed E-state index contributed by atoms with van der Waals surface area (Å²) in [5.41, 5.74) is 3.46. The summed E-state index contributed by atoms with van der Waals surface area (Å²) in [5, 5.41) is -0.0185. The van der Waals surface area contributed by atoms with Gasteiger partial charge < -0.3 is 4.90 Å². The van der Waals surface area contributed by atoms with Crippen molar-refractivity contribution in [1.29, 1.82) is 0 Å². The quantitative estimate of drug-likeness (QED) is 0.822. The third kappa shape index (κ3) is 2.93. The fourth-order valence-electron chi connectivity index (χ4n) is 2.16. The van der Waals surface area contributed by atoms with Crippen LogP contribution in [0.4, 0.5) is 10.5 Å². The van der Waals surface area contributed by atoms with E-state index in [0.29, 0.717) is 0 Å². The van der Waals surface area contributed by atoms with E-state index >= 15 is 0 Å². The monoisotopic (exact) mass is 263 g/mol. The van der Waals surface area contributed by atoms with Gasteiger partial charge in [-0.05, 0) is 38.3 Å². The number of carbonyl (C=O) groups is 2. The van der Waals surface area contributed by atoms with Gasteiger partial charge in [-0.1, -0.05) is 29.5 Å². The highest BCUT2D eigenvalue weighted by atomic mass is 32.2. The zero-order chi connectivity index (χ0) is 13.1. The lowest BCUT2D eigenvalue weighted by atomic mass is 10.0. The average Bonchev–Trinajstić information content (AvgIpc) is 2.34. The molecule has 0 aromatic heterocycles. The second-order valence-electron chi connectivity index (χ2n) is 4.64. The number of rotatable bonds is 2. The molecular formula is C14H17NO2S. The number of carbonyl (C=O) groups excluding carboxylic acids is 2. The number of hydrogen-bond donors (Lipinski definition) is 0. The molecule has 1 heterocycles. The van der Waals surface area contributed by atoms with Gasteiger partial charge in [0.05, 0.1) is 5.75 Å². The Hall–Kier alpha value is -1.29. The molecular weight excluding hydrogens is 246 g/mol. The minimum absolute atomic E-state index is 0.0185. The summed E-state index contributed by atoms with van der Waals surface area (Å²) in [6.07, 6.45) is 2.01. The van der Waals surface area contributed by atoms with Crippen molar-refractivity contribution in [3.8, 4) is 0 Å². The van der Waals surface area contributed by atoms with Gasteiger partial charge in [-0.2, -0.15) is 0 Å². The van der Waals surface area contributed by atoms with Gasteiger partial charge in [-0.25, -0.2) is 0 Å². The van der Waals surface area contributed by atoms with Gasteiger partial charge in [-0.3, -0.25) is 9.59 Å². The maximum atomic E-state index is 12.1. The molecule has 96 valence electrons. The number of anilines is 1. The van der Waals surface area contributed by atoms with Crippen LogP contribution < -0.4 is 4.90 Å². The van der Waals surface area contributed by atoms with Gasteiger partial charge in [0.2, 0.25) is 0 Å². The van der Waals surface area contributed by atoms with Crippen molar-refractivity contribution in [3.63, 3.8) is 0 Å². The van der Waals surface area contributed by atoms with Crippen LogP contribution in [0.25, 0.3) is 0 Å². The zero-order valence-electron chi connectivity index (χ0n) is 10.7. The number of aryl methyl sites for hydroxylation is 2. The van der Waals surface area contributed by atoms with Gasteiger partial charge in [0.25, 0.3) is 5.24 Å². The van der Waals surface area contributed by atoms with E-state index in [-0.39, 0.29) is 16.8 Å². The van der Waals surface area contributed by atoms with Crippen LogP contribution in [-0.2, 0) is 11.2 Å². The van der Waals surface area contributed by atoms with Crippen LogP contribution in [0.2, 0.25) is 0 Å². The Labute approximate surface area is 112 Å². The highest BCUT2D eigenvalue weighted by molar-refractivity contribution is 8.14. The summed E-state index contributed by atoms with van der Waals surface area (Å²) >= 11 is 1.10. The summed E-state index contributed by atoms with van der Waals surface area (Å²) in [7, 11) is 0. The minimum atomic E-state index is -0.0185. The molecule has 1 aliphatic heterocycles. The molecule has 0 unspecified atom stereocenters. The Bertz CT molecular complexity index is 485. The van der Waals surface area contributed by atoms with E-state index in [9.17, 15) is 9.59 Å². The first-order valence-corrected chi connectivity index (χ1v) is 7.10. The summed E-state index contributed by atoms with van der Waals surface area (Å²) in [6.45, 7) is 4.32. The lowest BCUT2D eigenvalue weighted by Crippen LogP contribution is -2.33. The topological polar surface area (TPSA) is 37.4 Å². The van der Waals surface area contributed by atoms with Crippen LogP contribution in [0, 0.1) is 6.92 Å². The lowest BCUT2D eigenvalue weighted by molar-refractivity contribution is -0.114. The third-order valence-corrected chi connectivity index (χ3v) is 3.99. The van der Waals surface area contributed by atoms with E-state index in [4.69, 9.17) is 0 Å². The predicted octanol–water partition coefficient (Wildman–Crippen LogP) is 3.19. The molecule has 0 radical (unpaired) electrons. The van der Waals surface area contributed by atoms with Crippen molar-refractivity contribution >= 4 is 28.5 Å². The lowest BCUT2D eigenvalue weighted by Gasteiger charge is -2.29. The van der Waals surface area contributed by atoms with Gasteiger partial charge in [-0.15, -0.1) is 0 Å². The number of fused-ring (bicyclic) bond motifs is 1. The summed E-state index contributed by atoms with van der Waals surface area (Å²) in [4.78, 5) is 24.8. The van der Waals surface area contributed by atoms with E-state index < -0.39 is 0 Å². The van der Waals surface area contributed by atoms with Crippen LogP contribution in [0.1, 0.15) is 24.5 Å². The normalized spacial score (nSPS) is 14.2. The van der Waals surface area contributed by atoms with Crippen molar-refractivity contribution in [2.24, 2.45) is 0 Å². The van der Waals surface area contributed by atoms with Gasteiger partial charge in [0, 0.05) is 12.2 Å². The van der Waals surface area contributed by atoms with Crippen molar-refractivity contribution in [1.82, 2.24) is 0 Å². The molecule has 0 saturated heterocycles. The summed E-state index contributed by atoms with van der Waals surface area (Å²) in [6, 6.07) is 6.18.